The number of aromatic amines is 1. The Bertz CT molecular complexity index is 988. The van der Waals surface area contributed by atoms with E-state index in [-0.39, 0.29) is 29.7 Å². The molecule has 0 unspecified atom stereocenters. The molecule has 0 saturated carbocycles. The molecule has 136 valence electrons. The van der Waals surface area contributed by atoms with E-state index in [1.165, 1.54) is 12.3 Å². The number of nitrogens with one attached hydrogen (secondary N) is 2. The van der Waals surface area contributed by atoms with Crippen LogP contribution in [-0.2, 0) is 11.3 Å². The van der Waals surface area contributed by atoms with Crippen LogP contribution in [0.1, 0.15) is 31.4 Å². The molecule has 0 bridgehead atoms. The highest BCUT2D eigenvalue weighted by Gasteiger charge is 2.14. The lowest BCUT2D eigenvalue weighted by Gasteiger charge is -2.13. The van der Waals surface area contributed by atoms with Gasteiger partial charge in [-0.25, -0.2) is 4.98 Å². The zero-order valence-corrected chi connectivity index (χ0v) is 15.1. The second kappa shape index (κ2) is 7.43. The van der Waals surface area contributed by atoms with Crippen molar-refractivity contribution >= 4 is 16.9 Å². The van der Waals surface area contributed by atoms with Crippen LogP contribution in [0.15, 0.2) is 41.3 Å². The summed E-state index contributed by atoms with van der Waals surface area (Å²) in [7, 11) is 0. The summed E-state index contributed by atoms with van der Waals surface area (Å²) in [5.41, 5.74) is 2.41. The van der Waals surface area contributed by atoms with Gasteiger partial charge in [-0.3, -0.25) is 9.59 Å². The van der Waals surface area contributed by atoms with E-state index in [1.54, 1.807) is 6.92 Å². The van der Waals surface area contributed by atoms with Crippen LogP contribution in [0.5, 0.6) is 5.75 Å². The fraction of sp³-hybridized carbons (Fsp3) is 0.316. The molecule has 0 fully saturated rings. The maximum Gasteiger partial charge on any atom is 0.258 e. The van der Waals surface area contributed by atoms with E-state index in [0.717, 1.165) is 22.6 Å². The van der Waals surface area contributed by atoms with Gasteiger partial charge >= 0.3 is 0 Å². The summed E-state index contributed by atoms with van der Waals surface area (Å²) in [5, 5.41) is 2.80. The van der Waals surface area contributed by atoms with Crippen molar-refractivity contribution in [1.82, 2.24) is 19.9 Å². The van der Waals surface area contributed by atoms with Gasteiger partial charge in [0.15, 0.2) is 12.4 Å². The molecule has 0 saturated heterocycles. The van der Waals surface area contributed by atoms with Crippen molar-refractivity contribution < 1.29 is 9.53 Å². The Morgan fingerprint density at radius 1 is 1.35 bits per heavy atom. The van der Waals surface area contributed by atoms with Gasteiger partial charge in [0.1, 0.15) is 5.82 Å². The summed E-state index contributed by atoms with van der Waals surface area (Å²) in [4.78, 5) is 31.3. The van der Waals surface area contributed by atoms with Crippen molar-refractivity contribution in [3.8, 4) is 5.75 Å². The fourth-order valence-electron chi connectivity index (χ4n) is 2.84. The summed E-state index contributed by atoms with van der Waals surface area (Å²) in [6.07, 6.45) is 1.46. The number of amides is 1. The quantitative estimate of drug-likeness (QED) is 0.711. The molecular weight excluding hydrogens is 332 g/mol. The molecule has 3 rings (SSSR count). The van der Waals surface area contributed by atoms with Crippen molar-refractivity contribution in [3.63, 3.8) is 0 Å². The number of aryl methyl sites for hydroxylation is 1. The number of pyridine rings is 1. The van der Waals surface area contributed by atoms with Crippen molar-refractivity contribution in [1.29, 1.82) is 0 Å². The molecular formula is C19H22N4O3. The zero-order chi connectivity index (χ0) is 18.7. The first-order valence-corrected chi connectivity index (χ1v) is 8.50. The number of H-pyrrole nitrogens is 1. The maximum atomic E-state index is 12.1. The van der Waals surface area contributed by atoms with Gasteiger partial charge < -0.3 is 19.6 Å². The van der Waals surface area contributed by atoms with E-state index in [2.05, 4.69) is 33.7 Å². The minimum absolute atomic E-state index is 0.125. The van der Waals surface area contributed by atoms with Crippen molar-refractivity contribution in [2.24, 2.45) is 0 Å². The standard InChI is InChI=1S/C19H22N4O3/c1-12(2)23-15-7-5-4-6-14(15)22-18(23)10-21-19(25)11-26-17-9-20-13(3)8-16(17)24/h4-9,12H,10-11H2,1-3H3,(H,20,24)(H,21,25). The molecule has 3 aromatic rings. The summed E-state index contributed by atoms with van der Waals surface area (Å²) >= 11 is 0. The molecule has 7 nitrogen and oxygen atoms in total. The molecule has 2 aromatic heterocycles. The molecule has 0 atom stereocenters. The lowest BCUT2D eigenvalue weighted by atomic mass is 10.3. The van der Waals surface area contributed by atoms with Crippen LogP contribution in [0.4, 0.5) is 0 Å². The van der Waals surface area contributed by atoms with Gasteiger partial charge in [0, 0.05) is 24.0 Å². The van der Waals surface area contributed by atoms with Gasteiger partial charge in [0.2, 0.25) is 5.43 Å². The molecule has 0 spiro atoms. The molecule has 7 heteroatoms. The SMILES string of the molecule is Cc1cc(=O)c(OCC(=O)NCc2nc3ccccc3n2C(C)C)c[nH]1. The van der Waals surface area contributed by atoms with Crippen LogP contribution in [0.25, 0.3) is 11.0 Å². The lowest BCUT2D eigenvalue weighted by Crippen LogP contribution is -2.30. The molecule has 1 amide bonds. The number of carbonyl (C=O) groups excluding carboxylic acids is 1. The summed E-state index contributed by atoms with van der Waals surface area (Å²) in [6.45, 7) is 5.99. The number of benzene rings is 1. The summed E-state index contributed by atoms with van der Waals surface area (Å²) in [5.74, 6) is 0.593. The van der Waals surface area contributed by atoms with Crippen LogP contribution >= 0.6 is 0 Å². The Kier molecular flexibility index (Phi) is 5.06. The van der Waals surface area contributed by atoms with E-state index < -0.39 is 0 Å². The second-order valence-electron chi connectivity index (χ2n) is 6.39. The number of hydrogen-bond donors (Lipinski definition) is 2. The Morgan fingerprint density at radius 3 is 2.85 bits per heavy atom. The fourth-order valence-corrected chi connectivity index (χ4v) is 2.84. The van der Waals surface area contributed by atoms with Gasteiger partial charge in [0.25, 0.3) is 5.91 Å². The second-order valence-corrected chi connectivity index (χ2v) is 6.39. The minimum Gasteiger partial charge on any atom is -0.478 e. The molecule has 2 N–H and O–H groups in total. The van der Waals surface area contributed by atoms with E-state index in [0.29, 0.717) is 6.54 Å². The van der Waals surface area contributed by atoms with Crippen molar-refractivity contribution in [2.75, 3.05) is 6.61 Å². The smallest absolute Gasteiger partial charge is 0.258 e. The molecule has 0 radical (unpaired) electrons. The number of imidazole rings is 1. The van der Waals surface area contributed by atoms with Crippen molar-refractivity contribution in [3.05, 3.63) is 58.3 Å². The van der Waals surface area contributed by atoms with Crippen LogP contribution in [0, 0.1) is 6.92 Å². The Hall–Kier alpha value is -3.09. The Balaban J connectivity index is 1.65. The Labute approximate surface area is 151 Å². The predicted molar refractivity (Wildman–Crippen MR) is 99.3 cm³/mol. The average molecular weight is 354 g/mol. The summed E-state index contributed by atoms with van der Waals surface area (Å²) in [6, 6.07) is 9.52. The number of carbonyl (C=O) groups is 1. The van der Waals surface area contributed by atoms with E-state index in [9.17, 15) is 9.59 Å². The molecule has 0 aliphatic carbocycles. The largest absolute Gasteiger partial charge is 0.478 e. The third-order valence-corrected chi connectivity index (χ3v) is 4.01. The lowest BCUT2D eigenvalue weighted by molar-refractivity contribution is -0.123. The topological polar surface area (TPSA) is 89.0 Å². The maximum absolute atomic E-state index is 12.1. The highest BCUT2D eigenvalue weighted by molar-refractivity contribution is 5.78. The number of fused-ring (bicyclic) bond motifs is 1. The number of nitrogens with zero attached hydrogens (tertiary/aromatic N) is 2. The number of para-hydroxylation sites is 2. The van der Waals surface area contributed by atoms with Gasteiger partial charge in [-0.05, 0) is 32.9 Å². The molecule has 26 heavy (non-hydrogen) atoms. The first-order chi connectivity index (χ1) is 12.5. The van der Waals surface area contributed by atoms with Crippen LogP contribution in [0.3, 0.4) is 0 Å². The van der Waals surface area contributed by atoms with Gasteiger partial charge in [-0.15, -0.1) is 0 Å². The van der Waals surface area contributed by atoms with Crippen LogP contribution in [0.2, 0.25) is 0 Å². The monoisotopic (exact) mass is 354 g/mol. The molecule has 0 aliphatic heterocycles. The number of aromatic nitrogens is 3. The van der Waals surface area contributed by atoms with E-state index in [4.69, 9.17) is 4.74 Å². The summed E-state index contributed by atoms with van der Waals surface area (Å²) < 4.78 is 7.39. The van der Waals surface area contributed by atoms with Crippen molar-refractivity contribution in [2.45, 2.75) is 33.4 Å². The van der Waals surface area contributed by atoms with Gasteiger partial charge in [-0.1, -0.05) is 12.1 Å². The van der Waals surface area contributed by atoms with Crippen LogP contribution < -0.4 is 15.5 Å². The number of ether oxygens (including phenoxy) is 1. The van der Waals surface area contributed by atoms with Gasteiger partial charge in [0.05, 0.1) is 17.6 Å². The first kappa shape index (κ1) is 17.7. The van der Waals surface area contributed by atoms with Gasteiger partial charge in [-0.2, -0.15) is 0 Å². The van der Waals surface area contributed by atoms with Crippen LogP contribution in [-0.4, -0.2) is 27.0 Å². The third-order valence-electron chi connectivity index (χ3n) is 4.01. The predicted octanol–water partition coefficient (Wildman–Crippen LogP) is 2.31. The highest BCUT2D eigenvalue weighted by Crippen LogP contribution is 2.20. The third kappa shape index (κ3) is 3.77. The first-order valence-electron chi connectivity index (χ1n) is 8.50. The number of rotatable bonds is 6. The normalized spacial score (nSPS) is 11.1. The minimum atomic E-state index is -0.313. The highest BCUT2D eigenvalue weighted by atomic mass is 16.5. The zero-order valence-electron chi connectivity index (χ0n) is 15.1. The molecule has 2 heterocycles. The Morgan fingerprint density at radius 2 is 2.12 bits per heavy atom. The molecule has 1 aromatic carbocycles. The van der Waals surface area contributed by atoms with E-state index in [1.807, 2.05) is 24.3 Å². The van der Waals surface area contributed by atoms with E-state index >= 15 is 0 Å². The molecule has 0 aliphatic rings. The number of hydrogen-bond acceptors (Lipinski definition) is 4. The average Bonchev–Trinajstić information content (AvgIpc) is 2.97.